The van der Waals surface area contributed by atoms with Crippen LogP contribution in [0.3, 0.4) is 0 Å². The summed E-state index contributed by atoms with van der Waals surface area (Å²) in [5.74, 6) is 4.57. The van der Waals surface area contributed by atoms with Crippen LogP contribution in [0.25, 0.3) is 0 Å². The van der Waals surface area contributed by atoms with Gasteiger partial charge in [-0.25, -0.2) is 0 Å². The lowest BCUT2D eigenvalue weighted by molar-refractivity contribution is 0.222. The minimum absolute atomic E-state index is 0.379. The maximum atomic E-state index is 2.85. The molecule has 12 rings (SSSR count). The molecule has 51 heavy (non-hydrogen) atoms. The summed E-state index contributed by atoms with van der Waals surface area (Å²) in [5.41, 5.74) is 13.9. The van der Waals surface area contributed by atoms with Crippen molar-refractivity contribution in [3.8, 4) is 0 Å². The molecule has 2 spiro atoms. The third kappa shape index (κ3) is 4.81. The lowest BCUT2D eigenvalue weighted by Gasteiger charge is -2.37. The van der Waals surface area contributed by atoms with Gasteiger partial charge in [0.2, 0.25) is 0 Å². The highest BCUT2D eigenvalue weighted by Gasteiger charge is 2.59. The van der Waals surface area contributed by atoms with E-state index in [0.717, 1.165) is 11.8 Å². The molecule has 6 aliphatic carbocycles. The van der Waals surface area contributed by atoms with Crippen molar-refractivity contribution in [2.45, 2.75) is 105 Å². The Morgan fingerprint density at radius 2 is 0.804 bits per heavy atom. The molecule has 0 N–H and O–H groups in total. The first-order valence-electron chi connectivity index (χ1n) is 21.0. The largest absolute Gasteiger partial charge is 0.302 e. The molecule has 2 nitrogen and oxygen atoms in total. The number of benzene rings is 4. The number of nitrogens with zero attached hydrogens (tertiary/aromatic N) is 2. The van der Waals surface area contributed by atoms with Gasteiger partial charge in [-0.05, 0) is 94.9 Å². The Hall–Kier alpha value is -3.20. The topological polar surface area (TPSA) is 6.48 Å². The molecule has 2 saturated carbocycles. The van der Waals surface area contributed by atoms with Crippen molar-refractivity contribution in [2.75, 3.05) is 39.3 Å². The van der Waals surface area contributed by atoms with Crippen LogP contribution < -0.4 is 0 Å². The van der Waals surface area contributed by atoms with E-state index in [1.54, 1.807) is 44.5 Å². The predicted octanol–water partition coefficient (Wildman–Crippen LogP) is 10.5. The van der Waals surface area contributed by atoms with E-state index < -0.39 is 0 Å². The Balaban J connectivity index is 0.000000122. The fraction of sp³-hybridized carbons (Fsp3) is 0.510. The molecule has 4 bridgehead atoms. The zero-order valence-electron chi connectivity index (χ0n) is 30.6. The van der Waals surface area contributed by atoms with Crippen LogP contribution in [0, 0.1) is 11.8 Å². The zero-order chi connectivity index (χ0) is 33.6. The van der Waals surface area contributed by atoms with Gasteiger partial charge in [0.1, 0.15) is 0 Å². The van der Waals surface area contributed by atoms with Gasteiger partial charge >= 0.3 is 0 Å². The smallest absolute Gasteiger partial charge is 0.0173 e. The lowest BCUT2D eigenvalue weighted by Crippen LogP contribution is -2.35. The molecule has 8 aliphatic rings. The highest BCUT2D eigenvalue weighted by molar-refractivity contribution is 5.59. The van der Waals surface area contributed by atoms with E-state index >= 15 is 0 Å². The molecule has 2 saturated heterocycles. The van der Waals surface area contributed by atoms with Crippen molar-refractivity contribution in [1.82, 2.24) is 9.80 Å². The molecular weight excluding hydrogens is 617 g/mol. The fourth-order valence-electron chi connectivity index (χ4n) is 13.9. The Labute approximate surface area is 306 Å². The quantitative estimate of drug-likeness (QED) is 0.213. The number of fused-ring (bicyclic) bond motifs is 6. The molecule has 0 radical (unpaired) electrons. The van der Waals surface area contributed by atoms with Gasteiger partial charge in [0, 0.05) is 73.8 Å². The third-order valence-corrected chi connectivity index (χ3v) is 15.8. The summed E-state index contributed by atoms with van der Waals surface area (Å²) in [7, 11) is 0. The SMILES string of the molecule is c1ccc2c(c1)C1CC3(CN(CC4CCCC4)CC23)c2ccccc21.c1ccc2c(c1)C1CC3(CN(CC4CCCCC4)CC23)c2ccccc21. The second-order valence-electron chi connectivity index (χ2n) is 18.4. The Morgan fingerprint density at radius 3 is 1.25 bits per heavy atom. The predicted molar refractivity (Wildman–Crippen MR) is 209 cm³/mol. The van der Waals surface area contributed by atoms with E-state index in [1.807, 2.05) is 0 Å². The van der Waals surface area contributed by atoms with Gasteiger partial charge in [-0.15, -0.1) is 0 Å². The van der Waals surface area contributed by atoms with E-state index in [2.05, 4.69) is 107 Å². The number of likely N-dealkylation sites (tertiary alicyclic amines) is 2. The van der Waals surface area contributed by atoms with Crippen molar-refractivity contribution in [3.05, 3.63) is 142 Å². The highest BCUT2D eigenvalue weighted by Crippen LogP contribution is 2.64. The van der Waals surface area contributed by atoms with Crippen molar-refractivity contribution in [2.24, 2.45) is 11.8 Å². The minimum Gasteiger partial charge on any atom is -0.302 e. The fourth-order valence-corrected chi connectivity index (χ4v) is 13.9. The number of rotatable bonds is 4. The van der Waals surface area contributed by atoms with Gasteiger partial charge in [-0.2, -0.15) is 0 Å². The van der Waals surface area contributed by atoms with Crippen LogP contribution in [0.4, 0.5) is 0 Å². The van der Waals surface area contributed by atoms with Crippen molar-refractivity contribution in [3.63, 3.8) is 0 Å². The van der Waals surface area contributed by atoms with E-state index in [0.29, 0.717) is 34.5 Å². The summed E-state index contributed by atoms with van der Waals surface area (Å²) in [6.07, 6.45) is 15.8. The third-order valence-electron chi connectivity index (χ3n) is 15.8. The van der Waals surface area contributed by atoms with Gasteiger partial charge in [0.15, 0.2) is 0 Å². The molecule has 0 aromatic heterocycles. The van der Waals surface area contributed by atoms with E-state index in [4.69, 9.17) is 0 Å². The molecule has 6 atom stereocenters. The highest BCUT2D eigenvalue weighted by atomic mass is 15.2. The summed E-state index contributed by atoms with van der Waals surface area (Å²) in [6.45, 7) is 7.80. The maximum absolute atomic E-state index is 2.85. The van der Waals surface area contributed by atoms with Crippen molar-refractivity contribution >= 4 is 0 Å². The summed E-state index contributed by atoms with van der Waals surface area (Å²) in [4.78, 5) is 5.68. The van der Waals surface area contributed by atoms with Crippen LogP contribution >= 0.6 is 0 Å². The Morgan fingerprint density at radius 1 is 0.431 bits per heavy atom. The molecule has 4 fully saturated rings. The molecular formula is C49H56N2. The molecule has 2 aliphatic heterocycles. The van der Waals surface area contributed by atoms with E-state index in [9.17, 15) is 0 Å². The first kappa shape index (κ1) is 31.3. The molecule has 262 valence electrons. The second kappa shape index (κ2) is 12.2. The second-order valence-corrected chi connectivity index (χ2v) is 18.4. The molecule has 6 unspecified atom stereocenters. The van der Waals surface area contributed by atoms with Gasteiger partial charge < -0.3 is 9.80 Å². The number of hydrogen-bond acceptors (Lipinski definition) is 2. The van der Waals surface area contributed by atoms with E-state index in [-0.39, 0.29) is 0 Å². The van der Waals surface area contributed by atoms with Crippen molar-refractivity contribution in [1.29, 1.82) is 0 Å². The summed E-state index contributed by atoms with van der Waals surface area (Å²) in [6, 6.07) is 37.5. The molecule has 2 heterocycles. The molecule has 0 amide bonds. The summed E-state index contributed by atoms with van der Waals surface area (Å²) < 4.78 is 0. The van der Waals surface area contributed by atoms with Crippen LogP contribution in [0.1, 0.15) is 139 Å². The molecule has 4 aromatic rings. The monoisotopic (exact) mass is 672 g/mol. The molecule has 2 heteroatoms. The first-order chi connectivity index (χ1) is 25.2. The van der Waals surface area contributed by atoms with E-state index in [1.165, 1.54) is 110 Å². The van der Waals surface area contributed by atoms with Crippen LogP contribution in [0.15, 0.2) is 97.1 Å². The maximum Gasteiger partial charge on any atom is 0.0173 e. The summed E-state index contributed by atoms with van der Waals surface area (Å²) in [5, 5.41) is 0. The van der Waals surface area contributed by atoms with Gasteiger partial charge in [-0.1, -0.05) is 129 Å². The average molecular weight is 673 g/mol. The van der Waals surface area contributed by atoms with Crippen LogP contribution in [-0.2, 0) is 10.8 Å². The molecule has 4 aromatic carbocycles. The van der Waals surface area contributed by atoms with Gasteiger partial charge in [0.05, 0.1) is 0 Å². The van der Waals surface area contributed by atoms with Crippen LogP contribution in [-0.4, -0.2) is 49.1 Å². The first-order valence-corrected chi connectivity index (χ1v) is 21.0. The number of hydrogen-bond donors (Lipinski definition) is 0. The van der Waals surface area contributed by atoms with Crippen molar-refractivity contribution < 1.29 is 0 Å². The van der Waals surface area contributed by atoms with Gasteiger partial charge in [-0.3, -0.25) is 0 Å². The normalized spacial score (nSPS) is 33.1. The Kier molecular flexibility index (Phi) is 7.48. The van der Waals surface area contributed by atoms with Gasteiger partial charge in [0.25, 0.3) is 0 Å². The van der Waals surface area contributed by atoms with Crippen LogP contribution in [0.5, 0.6) is 0 Å². The average Bonchev–Trinajstić information content (AvgIpc) is 4.01. The standard InChI is InChI=1S/C25H29N.C24H27N/c1-2-8-18(9-3-1)15-26-16-24-20-11-5-4-10-19(20)22-14-25(24,17-26)23-13-7-6-12-21(22)23;1-2-8-17(7-1)14-25-15-23-19-10-4-3-9-18(19)21-13-24(23,16-25)22-12-6-5-11-20(21)22/h4-7,10-13,18,22,24H,1-3,8-9,14-17H2;3-6,9-12,17,21,23H,1-2,7-8,13-16H2. The zero-order valence-corrected chi connectivity index (χ0v) is 30.6. The lowest BCUT2D eigenvalue weighted by atomic mass is 9.65. The van der Waals surface area contributed by atoms with Crippen LogP contribution in [0.2, 0.25) is 0 Å². The summed E-state index contributed by atoms with van der Waals surface area (Å²) >= 11 is 0. The Bertz CT molecular complexity index is 1910. The minimum atomic E-state index is 0.379.